The van der Waals surface area contributed by atoms with Crippen molar-refractivity contribution in [2.45, 2.75) is 75.8 Å². The van der Waals surface area contributed by atoms with Crippen LogP contribution in [0, 0.1) is 5.92 Å². The number of hydrogen-bond donors (Lipinski definition) is 1. The van der Waals surface area contributed by atoms with Gasteiger partial charge in [-0.15, -0.1) is 0 Å². The zero-order valence-electron chi connectivity index (χ0n) is 15.6. The Hall–Kier alpha value is -1.84. The van der Waals surface area contributed by atoms with Crippen molar-refractivity contribution in [3.63, 3.8) is 0 Å². The van der Waals surface area contributed by atoms with E-state index in [1.165, 1.54) is 31.2 Å². The Morgan fingerprint density at radius 3 is 2.35 bits per heavy atom. The minimum absolute atomic E-state index is 0.0582. The standard InChI is InChI=1S/C22H30N2O2/c25-20-13-12-17(16-24(20)19-10-6-1-2-7-11-19)21(26)23-22(14-15-22)18-8-4-3-5-9-18/h3-5,8-9,17,19H,1-2,6-7,10-16H2,(H,23,26)/t17-/m1/s1. The molecule has 2 amide bonds. The van der Waals surface area contributed by atoms with Crippen molar-refractivity contribution in [2.24, 2.45) is 5.92 Å². The molecule has 1 aromatic carbocycles. The van der Waals surface area contributed by atoms with Crippen LogP contribution in [-0.4, -0.2) is 29.3 Å². The molecule has 4 rings (SSSR count). The van der Waals surface area contributed by atoms with Gasteiger partial charge in [-0.2, -0.15) is 0 Å². The molecule has 1 aliphatic heterocycles. The van der Waals surface area contributed by atoms with E-state index in [9.17, 15) is 9.59 Å². The summed E-state index contributed by atoms with van der Waals surface area (Å²) in [6.45, 7) is 0.611. The second-order valence-electron chi connectivity index (χ2n) is 8.36. The molecule has 1 N–H and O–H groups in total. The highest BCUT2D eigenvalue weighted by Gasteiger charge is 2.47. The number of hydrogen-bond acceptors (Lipinski definition) is 2. The van der Waals surface area contributed by atoms with E-state index in [0.29, 0.717) is 25.4 Å². The van der Waals surface area contributed by atoms with Gasteiger partial charge < -0.3 is 10.2 Å². The average molecular weight is 354 g/mol. The average Bonchev–Trinajstić information content (AvgIpc) is 3.47. The van der Waals surface area contributed by atoms with Crippen molar-refractivity contribution in [1.82, 2.24) is 10.2 Å². The number of likely N-dealkylation sites (tertiary alicyclic amines) is 1. The molecule has 140 valence electrons. The van der Waals surface area contributed by atoms with Gasteiger partial charge in [-0.25, -0.2) is 0 Å². The van der Waals surface area contributed by atoms with Gasteiger partial charge in [0.05, 0.1) is 11.5 Å². The van der Waals surface area contributed by atoms with Crippen molar-refractivity contribution in [2.75, 3.05) is 6.54 Å². The maximum atomic E-state index is 13.0. The van der Waals surface area contributed by atoms with E-state index in [4.69, 9.17) is 0 Å². The van der Waals surface area contributed by atoms with Crippen molar-refractivity contribution in [3.05, 3.63) is 35.9 Å². The van der Waals surface area contributed by atoms with E-state index in [1.807, 2.05) is 23.1 Å². The van der Waals surface area contributed by atoms with Gasteiger partial charge in [-0.1, -0.05) is 56.0 Å². The molecule has 1 atom stereocenters. The van der Waals surface area contributed by atoms with Crippen molar-refractivity contribution >= 4 is 11.8 Å². The SMILES string of the molecule is O=C(NC1(c2ccccc2)CC1)[C@@H]1CCC(=O)N(C2CCCCCC2)C1. The van der Waals surface area contributed by atoms with E-state index in [0.717, 1.165) is 25.7 Å². The maximum Gasteiger partial charge on any atom is 0.225 e. The van der Waals surface area contributed by atoms with Crippen LogP contribution in [0.5, 0.6) is 0 Å². The molecule has 2 saturated carbocycles. The Balaban J connectivity index is 1.41. The van der Waals surface area contributed by atoms with Crippen LogP contribution in [0.4, 0.5) is 0 Å². The molecule has 0 unspecified atom stereocenters. The molecule has 2 aliphatic carbocycles. The molecule has 3 fully saturated rings. The summed E-state index contributed by atoms with van der Waals surface area (Å²) in [6, 6.07) is 10.7. The molecule has 1 heterocycles. The zero-order valence-corrected chi connectivity index (χ0v) is 15.6. The first-order valence-corrected chi connectivity index (χ1v) is 10.3. The van der Waals surface area contributed by atoms with Gasteiger partial charge in [0.2, 0.25) is 11.8 Å². The Labute approximate surface area is 156 Å². The third-order valence-electron chi connectivity index (χ3n) is 6.52. The van der Waals surface area contributed by atoms with Crippen LogP contribution in [-0.2, 0) is 15.1 Å². The van der Waals surface area contributed by atoms with Gasteiger partial charge in [-0.3, -0.25) is 9.59 Å². The van der Waals surface area contributed by atoms with E-state index in [-0.39, 0.29) is 23.3 Å². The normalized spacial score (nSPS) is 26.2. The van der Waals surface area contributed by atoms with Crippen LogP contribution in [0.3, 0.4) is 0 Å². The number of piperidine rings is 1. The van der Waals surface area contributed by atoms with E-state index in [1.54, 1.807) is 0 Å². The lowest BCUT2D eigenvalue weighted by Crippen LogP contribution is -2.51. The quantitative estimate of drug-likeness (QED) is 0.837. The van der Waals surface area contributed by atoms with E-state index in [2.05, 4.69) is 17.4 Å². The molecule has 3 aliphatic rings. The fourth-order valence-electron chi connectivity index (χ4n) is 4.71. The number of carbonyl (C=O) groups excluding carboxylic acids is 2. The van der Waals surface area contributed by atoms with Crippen molar-refractivity contribution in [3.8, 4) is 0 Å². The van der Waals surface area contributed by atoms with Crippen LogP contribution in [0.25, 0.3) is 0 Å². The highest BCUT2D eigenvalue weighted by atomic mass is 16.2. The van der Waals surface area contributed by atoms with Crippen LogP contribution in [0.1, 0.15) is 69.8 Å². The molecular formula is C22H30N2O2. The minimum Gasteiger partial charge on any atom is -0.346 e. The first-order chi connectivity index (χ1) is 12.7. The van der Waals surface area contributed by atoms with Gasteiger partial charge >= 0.3 is 0 Å². The molecule has 0 radical (unpaired) electrons. The Morgan fingerprint density at radius 1 is 1.00 bits per heavy atom. The monoisotopic (exact) mass is 354 g/mol. The molecule has 1 aromatic rings. The van der Waals surface area contributed by atoms with E-state index < -0.39 is 0 Å². The minimum atomic E-state index is -0.160. The summed E-state index contributed by atoms with van der Waals surface area (Å²) in [5.74, 6) is 0.333. The smallest absolute Gasteiger partial charge is 0.225 e. The van der Waals surface area contributed by atoms with Gasteiger partial charge in [0.15, 0.2) is 0 Å². The van der Waals surface area contributed by atoms with E-state index >= 15 is 0 Å². The van der Waals surface area contributed by atoms with Crippen LogP contribution in [0.15, 0.2) is 30.3 Å². The number of rotatable bonds is 4. The largest absolute Gasteiger partial charge is 0.346 e. The topological polar surface area (TPSA) is 49.4 Å². The number of nitrogens with zero attached hydrogens (tertiary/aromatic N) is 1. The second-order valence-corrected chi connectivity index (χ2v) is 8.36. The van der Waals surface area contributed by atoms with Crippen LogP contribution < -0.4 is 5.32 Å². The first kappa shape index (κ1) is 17.6. The molecule has 0 aromatic heterocycles. The summed E-state index contributed by atoms with van der Waals surface area (Å²) in [5, 5.41) is 3.33. The zero-order chi connectivity index (χ0) is 18.0. The first-order valence-electron chi connectivity index (χ1n) is 10.3. The third-order valence-corrected chi connectivity index (χ3v) is 6.52. The predicted molar refractivity (Wildman–Crippen MR) is 101 cm³/mol. The summed E-state index contributed by atoms with van der Waals surface area (Å²) in [6.07, 6.45) is 10.4. The number of amides is 2. The Morgan fingerprint density at radius 2 is 1.69 bits per heavy atom. The van der Waals surface area contributed by atoms with Gasteiger partial charge in [0, 0.05) is 19.0 Å². The van der Waals surface area contributed by atoms with Gasteiger partial charge in [0.25, 0.3) is 0 Å². The molecule has 0 spiro atoms. The van der Waals surface area contributed by atoms with Gasteiger partial charge in [0.1, 0.15) is 0 Å². The molecule has 4 heteroatoms. The number of benzene rings is 1. The van der Waals surface area contributed by atoms with Crippen molar-refractivity contribution < 1.29 is 9.59 Å². The summed E-state index contributed by atoms with van der Waals surface area (Å²) in [4.78, 5) is 27.5. The predicted octanol–water partition coefficient (Wildman–Crippen LogP) is 3.75. The lowest BCUT2D eigenvalue weighted by atomic mass is 9.92. The number of carbonyl (C=O) groups is 2. The summed E-state index contributed by atoms with van der Waals surface area (Å²) in [5.41, 5.74) is 1.05. The highest BCUT2D eigenvalue weighted by Crippen LogP contribution is 2.45. The molecular weight excluding hydrogens is 324 g/mol. The lowest BCUT2D eigenvalue weighted by molar-refractivity contribution is -0.141. The third kappa shape index (κ3) is 3.65. The summed E-state index contributed by atoms with van der Waals surface area (Å²) in [7, 11) is 0. The van der Waals surface area contributed by atoms with Gasteiger partial charge in [-0.05, 0) is 37.7 Å². The molecule has 26 heavy (non-hydrogen) atoms. The van der Waals surface area contributed by atoms with Crippen molar-refractivity contribution in [1.29, 1.82) is 0 Å². The van der Waals surface area contributed by atoms with Crippen LogP contribution in [0.2, 0.25) is 0 Å². The number of nitrogens with one attached hydrogen (secondary N) is 1. The summed E-state index contributed by atoms with van der Waals surface area (Å²) < 4.78 is 0. The lowest BCUT2D eigenvalue weighted by Gasteiger charge is -2.38. The fourth-order valence-corrected chi connectivity index (χ4v) is 4.71. The Kier molecular flexibility index (Phi) is 5.01. The highest BCUT2D eigenvalue weighted by molar-refractivity contribution is 5.84. The summed E-state index contributed by atoms with van der Waals surface area (Å²) >= 11 is 0. The fraction of sp³-hybridized carbons (Fsp3) is 0.636. The molecule has 4 nitrogen and oxygen atoms in total. The maximum absolute atomic E-state index is 13.0. The molecule has 1 saturated heterocycles. The second kappa shape index (κ2) is 7.42. The van der Waals surface area contributed by atoms with Crippen LogP contribution >= 0.6 is 0 Å². The Bertz CT molecular complexity index is 645. The molecule has 0 bridgehead atoms.